The highest BCUT2D eigenvalue weighted by atomic mass is 19.4. The Morgan fingerprint density at radius 1 is 1.17 bits per heavy atom. The second-order valence-corrected chi connectivity index (χ2v) is 7.04. The molecule has 0 radical (unpaired) electrons. The maximum Gasteiger partial charge on any atom is 0.449 e. The van der Waals surface area contributed by atoms with Gasteiger partial charge < -0.3 is 15.2 Å². The summed E-state index contributed by atoms with van der Waals surface area (Å²) in [6, 6.07) is -0.903. The molecule has 0 aliphatic carbocycles. The van der Waals surface area contributed by atoms with Crippen LogP contribution in [0.3, 0.4) is 0 Å². The first-order valence-corrected chi connectivity index (χ1v) is 9.09. The molecule has 1 aromatic rings. The molecule has 0 fully saturated rings. The maximum atomic E-state index is 14.1. The lowest BCUT2D eigenvalue weighted by Gasteiger charge is -2.30. The molecule has 2 N–H and O–H groups in total. The zero-order valence-corrected chi connectivity index (χ0v) is 16.4. The Bertz CT molecular complexity index is 876. The Morgan fingerprint density at radius 2 is 1.80 bits per heavy atom. The molecule has 1 aromatic heterocycles. The molecule has 30 heavy (non-hydrogen) atoms. The minimum atomic E-state index is -4.59. The van der Waals surface area contributed by atoms with Crippen molar-refractivity contribution >= 4 is 5.91 Å². The molecule has 1 unspecified atom stereocenters. The molecule has 0 aromatic carbocycles. The van der Waals surface area contributed by atoms with E-state index in [0.29, 0.717) is 6.08 Å². The second kappa shape index (κ2) is 9.50. The lowest BCUT2D eigenvalue weighted by molar-refractivity contribution is -0.148. The molecule has 0 bridgehead atoms. The average Bonchev–Trinajstić information content (AvgIpc) is 3.03. The van der Waals surface area contributed by atoms with Crippen molar-refractivity contribution in [1.82, 2.24) is 14.5 Å². The lowest BCUT2D eigenvalue weighted by atomic mass is 10.0. The van der Waals surface area contributed by atoms with E-state index in [-0.39, 0.29) is 43.7 Å². The molecule has 0 saturated heterocycles. The molecule has 5 nitrogen and oxygen atoms in total. The lowest BCUT2D eigenvalue weighted by Crippen LogP contribution is -2.41. The van der Waals surface area contributed by atoms with Crippen LogP contribution in [0.25, 0.3) is 0 Å². The number of allylic oxidation sites excluding steroid dienone is 5. The van der Waals surface area contributed by atoms with Gasteiger partial charge in [-0.2, -0.15) is 13.2 Å². The fourth-order valence-corrected chi connectivity index (χ4v) is 3.16. The van der Waals surface area contributed by atoms with Crippen LogP contribution in [0.1, 0.15) is 38.2 Å². The number of nitrogens with two attached hydrogens (primary N) is 1. The Morgan fingerprint density at radius 3 is 2.37 bits per heavy atom. The Kier molecular flexibility index (Phi) is 7.51. The third-order valence-electron chi connectivity index (χ3n) is 4.42. The Balaban J connectivity index is 2.06. The highest BCUT2D eigenvalue weighted by molar-refractivity contribution is 5.77. The van der Waals surface area contributed by atoms with E-state index in [1.54, 1.807) is 0 Å². The van der Waals surface area contributed by atoms with Gasteiger partial charge in [-0.3, -0.25) is 4.79 Å². The molecule has 0 spiro atoms. The fourth-order valence-electron chi connectivity index (χ4n) is 3.16. The van der Waals surface area contributed by atoms with Crippen LogP contribution in [0.15, 0.2) is 41.4 Å². The van der Waals surface area contributed by atoms with E-state index in [0.717, 1.165) is 30.7 Å². The molecule has 2 rings (SSSR count). The van der Waals surface area contributed by atoms with Gasteiger partial charge in [-0.25, -0.2) is 18.2 Å². The standard InChI is InChI=1S/C19H22F6N4O/c1-11(20)5-13(16(22)6-12(2)21)7-14(26)8-17(30)28-3-4-29-15(10-28)9-27-18(29)19(23,24)25/h5-6,9,14H,3-4,7-8,10,26H2,1-2H3/b11-5+,12-6+,16-13-. The van der Waals surface area contributed by atoms with E-state index in [1.165, 1.54) is 4.90 Å². The number of carbonyl (C=O) groups excluding carboxylic acids is 1. The zero-order chi connectivity index (χ0) is 22.6. The minimum Gasteiger partial charge on any atom is -0.335 e. The molecule has 1 aliphatic heterocycles. The first-order valence-electron chi connectivity index (χ1n) is 9.09. The number of rotatable bonds is 6. The first-order chi connectivity index (χ1) is 13.9. The number of alkyl halides is 3. The summed E-state index contributed by atoms with van der Waals surface area (Å²) in [6.45, 7) is 2.00. The number of carbonyl (C=O) groups is 1. The van der Waals surface area contributed by atoms with Crippen molar-refractivity contribution in [1.29, 1.82) is 0 Å². The number of fused-ring (bicyclic) bond motifs is 1. The third kappa shape index (κ3) is 6.22. The number of hydrogen-bond donors (Lipinski definition) is 1. The second-order valence-electron chi connectivity index (χ2n) is 7.04. The number of aromatic nitrogens is 2. The van der Waals surface area contributed by atoms with Gasteiger partial charge in [-0.15, -0.1) is 0 Å². The van der Waals surface area contributed by atoms with Crippen LogP contribution in [0.5, 0.6) is 0 Å². The van der Waals surface area contributed by atoms with Crippen molar-refractivity contribution in [2.24, 2.45) is 5.73 Å². The van der Waals surface area contributed by atoms with Gasteiger partial charge in [0.05, 0.1) is 30.1 Å². The van der Waals surface area contributed by atoms with Gasteiger partial charge in [0, 0.05) is 31.6 Å². The van der Waals surface area contributed by atoms with Crippen LogP contribution in [-0.4, -0.2) is 32.9 Å². The summed E-state index contributed by atoms with van der Waals surface area (Å²) in [4.78, 5) is 17.2. The zero-order valence-electron chi connectivity index (χ0n) is 16.4. The number of hydrogen-bond acceptors (Lipinski definition) is 3. The predicted octanol–water partition coefficient (Wildman–Crippen LogP) is 4.32. The molecule has 0 saturated carbocycles. The van der Waals surface area contributed by atoms with Crippen molar-refractivity contribution in [3.63, 3.8) is 0 Å². The van der Waals surface area contributed by atoms with E-state index in [1.807, 2.05) is 0 Å². The highest BCUT2D eigenvalue weighted by Crippen LogP contribution is 2.30. The van der Waals surface area contributed by atoms with Gasteiger partial charge in [-0.05, 0) is 31.9 Å². The Labute approximate surface area is 169 Å². The first kappa shape index (κ1) is 23.7. The molecular formula is C19H22F6N4O. The summed E-state index contributed by atoms with van der Waals surface area (Å²) in [5.74, 6) is -4.00. The van der Waals surface area contributed by atoms with Crippen LogP contribution in [0.4, 0.5) is 26.3 Å². The van der Waals surface area contributed by atoms with Crippen LogP contribution >= 0.6 is 0 Å². The SMILES string of the molecule is C\C(F)=C/C(F)=C(\C=C(/C)F)CC(N)CC(=O)N1CCn2c(cnc2C(F)(F)F)C1. The normalized spacial score (nSPS) is 17.6. The quantitative estimate of drug-likeness (QED) is 0.534. The summed E-state index contributed by atoms with van der Waals surface area (Å²) in [6.07, 6.45) is -2.53. The summed E-state index contributed by atoms with van der Waals surface area (Å²) < 4.78 is 80.0. The van der Waals surface area contributed by atoms with E-state index < -0.39 is 41.4 Å². The van der Waals surface area contributed by atoms with Crippen molar-refractivity contribution < 1.29 is 31.1 Å². The van der Waals surface area contributed by atoms with Gasteiger partial charge in [-0.1, -0.05) is 0 Å². The smallest absolute Gasteiger partial charge is 0.335 e. The van der Waals surface area contributed by atoms with E-state index >= 15 is 0 Å². The monoisotopic (exact) mass is 436 g/mol. The molecular weight excluding hydrogens is 414 g/mol. The summed E-state index contributed by atoms with van der Waals surface area (Å²) in [7, 11) is 0. The minimum absolute atomic E-state index is 0.0301. The fraction of sp³-hybridized carbons (Fsp3) is 0.474. The molecule has 11 heteroatoms. The number of nitrogens with zero attached hydrogens (tertiary/aromatic N) is 3. The van der Waals surface area contributed by atoms with Crippen molar-refractivity contribution in [3.8, 4) is 0 Å². The number of halogens is 6. The number of amides is 1. The van der Waals surface area contributed by atoms with Gasteiger partial charge in [0.15, 0.2) is 0 Å². The summed E-state index contributed by atoms with van der Waals surface area (Å²) in [5, 5.41) is 0. The summed E-state index contributed by atoms with van der Waals surface area (Å²) >= 11 is 0. The molecule has 1 aliphatic rings. The van der Waals surface area contributed by atoms with Crippen molar-refractivity contribution in [2.45, 2.75) is 52.0 Å². The molecule has 1 amide bonds. The van der Waals surface area contributed by atoms with Gasteiger partial charge in [0.25, 0.3) is 0 Å². The topological polar surface area (TPSA) is 64.2 Å². The maximum absolute atomic E-state index is 14.1. The third-order valence-corrected chi connectivity index (χ3v) is 4.42. The number of imidazole rings is 1. The largest absolute Gasteiger partial charge is 0.449 e. The van der Waals surface area contributed by atoms with Crippen LogP contribution in [0.2, 0.25) is 0 Å². The van der Waals surface area contributed by atoms with Gasteiger partial charge in [0.1, 0.15) is 5.83 Å². The van der Waals surface area contributed by atoms with Gasteiger partial charge in [0.2, 0.25) is 11.7 Å². The van der Waals surface area contributed by atoms with Crippen LogP contribution in [0, 0.1) is 0 Å². The highest BCUT2D eigenvalue weighted by Gasteiger charge is 2.38. The van der Waals surface area contributed by atoms with E-state index in [4.69, 9.17) is 5.73 Å². The summed E-state index contributed by atoms with van der Waals surface area (Å²) in [5.41, 5.74) is 5.94. The van der Waals surface area contributed by atoms with Gasteiger partial charge >= 0.3 is 6.18 Å². The average molecular weight is 436 g/mol. The predicted molar refractivity (Wildman–Crippen MR) is 97.7 cm³/mol. The van der Waals surface area contributed by atoms with Crippen LogP contribution in [-0.2, 0) is 24.1 Å². The molecule has 1 atom stereocenters. The van der Waals surface area contributed by atoms with Crippen molar-refractivity contribution in [2.75, 3.05) is 6.54 Å². The molecule has 2 heterocycles. The van der Waals surface area contributed by atoms with E-state index in [9.17, 15) is 31.1 Å². The van der Waals surface area contributed by atoms with Crippen LogP contribution < -0.4 is 5.73 Å². The Hall–Kier alpha value is -2.56. The molecule has 166 valence electrons. The van der Waals surface area contributed by atoms with Crippen molar-refractivity contribution in [3.05, 3.63) is 52.9 Å². The van der Waals surface area contributed by atoms with E-state index in [2.05, 4.69) is 4.98 Å².